The number of amides is 1. The lowest BCUT2D eigenvalue weighted by atomic mass is 9.93. The summed E-state index contributed by atoms with van der Waals surface area (Å²) in [7, 11) is 1.80. The van der Waals surface area contributed by atoms with E-state index in [1.165, 1.54) is 30.6 Å². The first-order chi connectivity index (χ1) is 9.61. The molecule has 1 saturated carbocycles. The normalized spacial score (nSPS) is 14.7. The summed E-state index contributed by atoms with van der Waals surface area (Å²) in [6.07, 6.45) is 7.28. The molecule has 0 radical (unpaired) electrons. The van der Waals surface area contributed by atoms with Gasteiger partial charge in [0.15, 0.2) is 5.13 Å². The summed E-state index contributed by atoms with van der Waals surface area (Å²) in [5.41, 5.74) is 5.87. The second kappa shape index (κ2) is 6.74. The molecule has 1 fully saturated rings. The number of carbonyl (C=O) groups is 1. The minimum absolute atomic E-state index is 0.0503. The molecule has 0 aliphatic heterocycles. The van der Waals surface area contributed by atoms with Crippen LogP contribution in [0, 0.1) is 0 Å². The fourth-order valence-electron chi connectivity index (χ4n) is 2.02. The second-order valence-electron chi connectivity index (χ2n) is 5.16. The van der Waals surface area contributed by atoms with E-state index in [9.17, 15) is 4.79 Å². The Morgan fingerprint density at radius 2 is 2.40 bits per heavy atom. The number of nitrogens with two attached hydrogens (primary N) is 1. The van der Waals surface area contributed by atoms with E-state index in [1.807, 2.05) is 6.08 Å². The minimum Gasteiger partial charge on any atom is -0.382 e. The Morgan fingerprint density at radius 3 is 3.00 bits per heavy atom. The molecule has 0 unspecified atom stereocenters. The largest absolute Gasteiger partial charge is 0.382 e. The molecule has 1 aliphatic rings. The van der Waals surface area contributed by atoms with Gasteiger partial charge in [-0.1, -0.05) is 17.4 Å². The zero-order valence-corrected chi connectivity index (χ0v) is 12.7. The van der Waals surface area contributed by atoms with E-state index in [-0.39, 0.29) is 5.91 Å². The molecule has 20 heavy (non-hydrogen) atoms. The topological polar surface area (TPSA) is 71.2 Å². The van der Waals surface area contributed by atoms with Crippen LogP contribution in [-0.4, -0.2) is 35.4 Å². The predicted molar refractivity (Wildman–Crippen MR) is 84.2 cm³/mol. The molecular formula is C14H22N4OS. The number of carbonyl (C=O) groups excluding carboxylic acids is 1. The van der Waals surface area contributed by atoms with Crippen molar-refractivity contribution >= 4 is 28.2 Å². The van der Waals surface area contributed by atoms with E-state index in [1.54, 1.807) is 11.9 Å². The van der Waals surface area contributed by atoms with E-state index < -0.39 is 0 Å². The third-order valence-corrected chi connectivity index (χ3v) is 4.52. The molecule has 3 N–H and O–H groups in total. The zero-order chi connectivity index (χ0) is 14.5. The van der Waals surface area contributed by atoms with Crippen LogP contribution >= 0.6 is 11.3 Å². The van der Waals surface area contributed by atoms with Crippen molar-refractivity contribution in [2.24, 2.45) is 0 Å². The summed E-state index contributed by atoms with van der Waals surface area (Å²) < 4.78 is 0. The van der Waals surface area contributed by atoms with Crippen molar-refractivity contribution in [3.8, 4) is 0 Å². The lowest BCUT2D eigenvalue weighted by Gasteiger charge is -2.25. The molecule has 0 bridgehead atoms. The van der Waals surface area contributed by atoms with Crippen LogP contribution in [0.15, 0.2) is 12.7 Å². The SMILES string of the molecule is C=CCCCN(C)C(=O)c1sc(NC2CCC2)nc1N. The Labute approximate surface area is 123 Å². The van der Waals surface area contributed by atoms with E-state index in [0.717, 1.165) is 18.0 Å². The Hall–Kier alpha value is -1.56. The number of nitrogens with zero attached hydrogens (tertiary/aromatic N) is 2. The maximum Gasteiger partial charge on any atom is 0.267 e. The molecule has 6 heteroatoms. The first-order valence-corrected chi connectivity index (χ1v) is 7.82. The second-order valence-corrected chi connectivity index (χ2v) is 6.16. The average Bonchev–Trinajstić information content (AvgIpc) is 2.74. The summed E-state index contributed by atoms with van der Waals surface area (Å²) in [5.74, 6) is 0.281. The van der Waals surface area contributed by atoms with Gasteiger partial charge in [0.25, 0.3) is 5.91 Å². The predicted octanol–water partition coefficient (Wildman–Crippen LogP) is 2.73. The van der Waals surface area contributed by atoms with Gasteiger partial charge < -0.3 is 16.0 Å². The van der Waals surface area contributed by atoms with Crippen molar-refractivity contribution in [1.29, 1.82) is 0 Å². The van der Waals surface area contributed by atoms with Crippen LogP contribution in [0.4, 0.5) is 10.9 Å². The molecule has 2 rings (SSSR count). The fourth-order valence-corrected chi connectivity index (χ4v) is 2.98. The third kappa shape index (κ3) is 3.50. The average molecular weight is 294 g/mol. The highest BCUT2D eigenvalue weighted by Gasteiger charge is 2.22. The Balaban J connectivity index is 1.95. The lowest BCUT2D eigenvalue weighted by molar-refractivity contribution is 0.0799. The molecule has 0 spiro atoms. The van der Waals surface area contributed by atoms with Crippen LogP contribution in [0.5, 0.6) is 0 Å². The van der Waals surface area contributed by atoms with Crippen molar-refractivity contribution in [1.82, 2.24) is 9.88 Å². The Bertz CT molecular complexity index is 482. The van der Waals surface area contributed by atoms with Crippen LogP contribution in [0.25, 0.3) is 0 Å². The summed E-state index contributed by atoms with van der Waals surface area (Å²) in [4.78, 5) is 18.8. The monoisotopic (exact) mass is 294 g/mol. The van der Waals surface area contributed by atoms with Gasteiger partial charge in [-0.05, 0) is 32.1 Å². The number of hydrogen-bond acceptors (Lipinski definition) is 5. The molecule has 1 aliphatic carbocycles. The highest BCUT2D eigenvalue weighted by atomic mass is 32.1. The summed E-state index contributed by atoms with van der Waals surface area (Å²) in [5, 5.41) is 4.09. The summed E-state index contributed by atoms with van der Waals surface area (Å²) in [6.45, 7) is 4.38. The number of anilines is 2. The molecule has 1 amide bonds. The molecule has 1 aromatic heterocycles. The van der Waals surface area contributed by atoms with Crippen molar-refractivity contribution in [2.45, 2.75) is 38.1 Å². The van der Waals surface area contributed by atoms with Crippen LogP contribution in [0.3, 0.4) is 0 Å². The van der Waals surface area contributed by atoms with Crippen LogP contribution in [0.2, 0.25) is 0 Å². The molecule has 0 saturated heterocycles. The van der Waals surface area contributed by atoms with Gasteiger partial charge in [0, 0.05) is 19.6 Å². The molecule has 0 aromatic carbocycles. The van der Waals surface area contributed by atoms with Gasteiger partial charge in [-0.15, -0.1) is 6.58 Å². The molecule has 110 valence electrons. The lowest BCUT2D eigenvalue weighted by Crippen LogP contribution is -2.27. The van der Waals surface area contributed by atoms with Gasteiger partial charge in [0.1, 0.15) is 10.7 Å². The highest BCUT2D eigenvalue weighted by molar-refractivity contribution is 7.18. The van der Waals surface area contributed by atoms with Crippen molar-refractivity contribution < 1.29 is 4.79 Å². The zero-order valence-electron chi connectivity index (χ0n) is 11.9. The number of nitrogens with one attached hydrogen (secondary N) is 1. The van der Waals surface area contributed by atoms with E-state index in [4.69, 9.17) is 5.73 Å². The van der Waals surface area contributed by atoms with Gasteiger partial charge in [-0.25, -0.2) is 4.98 Å². The molecule has 1 aromatic rings. The van der Waals surface area contributed by atoms with Gasteiger partial charge in [0.05, 0.1) is 0 Å². The molecular weight excluding hydrogens is 272 g/mol. The van der Waals surface area contributed by atoms with Gasteiger partial charge in [0.2, 0.25) is 0 Å². The summed E-state index contributed by atoms with van der Waals surface area (Å²) in [6, 6.07) is 0.494. The fraction of sp³-hybridized carbons (Fsp3) is 0.571. The van der Waals surface area contributed by atoms with E-state index in [2.05, 4.69) is 16.9 Å². The van der Waals surface area contributed by atoms with Crippen molar-refractivity contribution in [3.63, 3.8) is 0 Å². The maximum absolute atomic E-state index is 12.3. The number of thiazole rings is 1. The Kier molecular flexibility index (Phi) is 5.00. The van der Waals surface area contributed by atoms with Gasteiger partial charge >= 0.3 is 0 Å². The minimum atomic E-state index is -0.0503. The third-order valence-electron chi connectivity index (χ3n) is 3.53. The van der Waals surface area contributed by atoms with E-state index >= 15 is 0 Å². The number of aromatic nitrogens is 1. The quantitative estimate of drug-likeness (QED) is 0.599. The van der Waals surface area contributed by atoms with Crippen molar-refractivity contribution in [3.05, 3.63) is 17.5 Å². The van der Waals surface area contributed by atoms with Gasteiger partial charge in [-0.3, -0.25) is 4.79 Å². The number of allylic oxidation sites excluding steroid dienone is 1. The van der Waals surface area contributed by atoms with Crippen LogP contribution in [-0.2, 0) is 0 Å². The Morgan fingerprint density at radius 1 is 1.65 bits per heavy atom. The number of nitrogen functional groups attached to an aromatic ring is 1. The van der Waals surface area contributed by atoms with E-state index in [0.29, 0.717) is 23.3 Å². The first-order valence-electron chi connectivity index (χ1n) is 7.01. The maximum atomic E-state index is 12.3. The highest BCUT2D eigenvalue weighted by Crippen LogP contribution is 2.30. The molecule has 0 atom stereocenters. The van der Waals surface area contributed by atoms with Crippen LogP contribution < -0.4 is 11.1 Å². The molecule has 1 heterocycles. The van der Waals surface area contributed by atoms with Crippen LogP contribution in [0.1, 0.15) is 41.8 Å². The number of rotatable bonds is 7. The van der Waals surface area contributed by atoms with Gasteiger partial charge in [-0.2, -0.15) is 0 Å². The number of hydrogen-bond donors (Lipinski definition) is 2. The van der Waals surface area contributed by atoms with Crippen molar-refractivity contribution in [2.75, 3.05) is 24.6 Å². The molecule has 5 nitrogen and oxygen atoms in total. The standard InChI is InChI=1S/C14H22N4OS/c1-3-4-5-9-18(2)13(19)11-12(15)17-14(20-11)16-10-7-6-8-10/h3,10H,1,4-9,15H2,2H3,(H,16,17). The smallest absolute Gasteiger partial charge is 0.267 e. The number of unbranched alkanes of at least 4 members (excludes halogenated alkanes) is 1. The first kappa shape index (κ1) is 14.8. The summed E-state index contributed by atoms with van der Waals surface area (Å²) >= 11 is 1.35.